The summed E-state index contributed by atoms with van der Waals surface area (Å²) in [6.07, 6.45) is 2.48. The van der Waals surface area contributed by atoms with Crippen molar-refractivity contribution >= 4 is 28.5 Å². The molecule has 2 aromatic heterocycles. The third kappa shape index (κ3) is 2.43. The first-order chi connectivity index (χ1) is 10.1. The van der Waals surface area contributed by atoms with Crippen molar-refractivity contribution in [1.29, 1.82) is 0 Å². The Balaban J connectivity index is 2.35. The van der Waals surface area contributed by atoms with Crippen molar-refractivity contribution in [3.05, 3.63) is 59.1 Å². The number of carbonyl (C=O) groups is 1. The lowest BCUT2D eigenvalue weighted by atomic mass is 10.1. The molecular weight excluding hydrogens is 295 g/mol. The Hall–Kier alpha value is -2.53. The van der Waals surface area contributed by atoms with Gasteiger partial charge in [-0.2, -0.15) is 0 Å². The zero-order valence-corrected chi connectivity index (χ0v) is 11.3. The highest BCUT2D eigenvalue weighted by Gasteiger charge is 2.15. The summed E-state index contributed by atoms with van der Waals surface area (Å²) >= 11 is 6.08. The third-order valence-electron chi connectivity index (χ3n) is 3.02. The van der Waals surface area contributed by atoms with E-state index in [2.05, 4.69) is 9.97 Å². The summed E-state index contributed by atoms with van der Waals surface area (Å²) in [5.74, 6) is -1.62. The lowest BCUT2D eigenvalue weighted by molar-refractivity contribution is 0.0699. The number of fused-ring (bicyclic) bond motifs is 1. The van der Waals surface area contributed by atoms with Crippen molar-refractivity contribution in [2.75, 3.05) is 0 Å². The fourth-order valence-electron chi connectivity index (χ4n) is 2.09. The highest BCUT2D eigenvalue weighted by molar-refractivity contribution is 6.35. The molecule has 0 unspecified atom stereocenters. The maximum Gasteiger partial charge on any atom is 0.336 e. The SMILES string of the molecule is O=C(O)c1cc(-c2cncc(F)c2)nc2c(Cl)cccc12. The van der Waals surface area contributed by atoms with E-state index in [0.29, 0.717) is 27.2 Å². The summed E-state index contributed by atoms with van der Waals surface area (Å²) in [5.41, 5.74) is 1.11. The van der Waals surface area contributed by atoms with Gasteiger partial charge in [0.2, 0.25) is 0 Å². The summed E-state index contributed by atoms with van der Waals surface area (Å²) in [4.78, 5) is 19.5. The van der Waals surface area contributed by atoms with Crippen LogP contribution in [0.15, 0.2) is 42.7 Å². The molecule has 0 atom stereocenters. The number of hydrogen-bond acceptors (Lipinski definition) is 3. The zero-order chi connectivity index (χ0) is 15.0. The van der Waals surface area contributed by atoms with Crippen molar-refractivity contribution in [2.45, 2.75) is 0 Å². The Kier molecular flexibility index (Phi) is 3.27. The number of benzene rings is 1. The van der Waals surface area contributed by atoms with Gasteiger partial charge in [0.15, 0.2) is 0 Å². The van der Waals surface area contributed by atoms with Gasteiger partial charge in [0.05, 0.1) is 28.0 Å². The minimum atomic E-state index is -1.10. The van der Waals surface area contributed by atoms with Gasteiger partial charge in [-0.1, -0.05) is 23.7 Å². The Morgan fingerprint density at radius 2 is 2.05 bits per heavy atom. The van der Waals surface area contributed by atoms with E-state index in [4.69, 9.17) is 11.6 Å². The highest BCUT2D eigenvalue weighted by Crippen LogP contribution is 2.29. The Bertz CT molecular complexity index is 867. The van der Waals surface area contributed by atoms with Crippen LogP contribution in [0.5, 0.6) is 0 Å². The summed E-state index contributed by atoms with van der Waals surface area (Å²) in [5, 5.41) is 10.1. The molecule has 3 aromatic rings. The first kappa shape index (κ1) is 13.5. The molecule has 0 saturated heterocycles. The van der Waals surface area contributed by atoms with E-state index in [1.54, 1.807) is 18.2 Å². The number of aromatic nitrogens is 2. The molecule has 6 heteroatoms. The van der Waals surface area contributed by atoms with Crippen LogP contribution in [0.1, 0.15) is 10.4 Å². The number of rotatable bonds is 2. The van der Waals surface area contributed by atoms with E-state index in [1.807, 2.05) is 0 Å². The minimum Gasteiger partial charge on any atom is -0.478 e. The summed E-state index contributed by atoms with van der Waals surface area (Å²) in [6.45, 7) is 0. The van der Waals surface area contributed by atoms with Gasteiger partial charge in [0, 0.05) is 17.1 Å². The van der Waals surface area contributed by atoms with Crippen LogP contribution in [-0.2, 0) is 0 Å². The topological polar surface area (TPSA) is 63.1 Å². The molecule has 0 aliphatic carbocycles. The predicted molar refractivity (Wildman–Crippen MR) is 76.9 cm³/mol. The highest BCUT2D eigenvalue weighted by atomic mass is 35.5. The average Bonchev–Trinajstić information content (AvgIpc) is 2.46. The van der Waals surface area contributed by atoms with E-state index in [9.17, 15) is 14.3 Å². The molecule has 104 valence electrons. The quantitative estimate of drug-likeness (QED) is 0.782. The number of carboxylic acids is 1. The first-order valence-electron chi connectivity index (χ1n) is 6.00. The third-order valence-corrected chi connectivity index (χ3v) is 3.33. The van der Waals surface area contributed by atoms with Crippen LogP contribution in [0.2, 0.25) is 5.02 Å². The molecular formula is C15H8ClFN2O2. The molecule has 3 rings (SSSR count). The number of aromatic carboxylic acids is 1. The van der Waals surface area contributed by atoms with E-state index < -0.39 is 11.8 Å². The molecule has 0 saturated carbocycles. The lowest BCUT2D eigenvalue weighted by Crippen LogP contribution is -2.00. The van der Waals surface area contributed by atoms with Crippen molar-refractivity contribution in [3.63, 3.8) is 0 Å². The lowest BCUT2D eigenvalue weighted by Gasteiger charge is -2.08. The van der Waals surface area contributed by atoms with Crippen LogP contribution in [-0.4, -0.2) is 21.0 Å². The van der Waals surface area contributed by atoms with Gasteiger partial charge >= 0.3 is 5.97 Å². The van der Waals surface area contributed by atoms with Crippen molar-refractivity contribution in [1.82, 2.24) is 9.97 Å². The molecule has 0 bridgehead atoms. The Morgan fingerprint density at radius 3 is 2.76 bits per heavy atom. The van der Waals surface area contributed by atoms with Gasteiger partial charge in [-0.05, 0) is 18.2 Å². The second-order valence-electron chi connectivity index (χ2n) is 4.39. The van der Waals surface area contributed by atoms with Gasteiger partial charge in [-0.25, -0.2) is 14.2 Å². The normalized spacial score (nSPS) is 10.8. The fraction of sp³-hybridized carbons (Fsp3) is 0. The van der Waals surface area contributed by atoms with E-state index in [0.717, 1.165) is 6.20 Å². The maximum atomic E-state index is 13.3. The molecule has 1 aromatic carbocycles. The molecule has 0 fully saturated rings. The number of pyridine rings is 2. The molecule has 0 aliphatic heterocycles. The van der Waals surface area contributed by atoms with Gasteiger partial charge in [0.1, 0.15) is 5.82 Å². The molecule has 2 heterocycles. The second kappa shape index (κ2) is 5.10. The predicted octanol–water partition coefficient (Wildman–Crippen LogP) is 3.79. The van der Waals surface area contributed by atoms with E-state index in [1.165, 1.54) is 18.3 Å². The van der Waals surface area contributed by atoms with Crippen LogP contribution >= 0.6 is 11.6 Å². The molecule has 21 heavy (non-hydrogen) atoms. The molecule has 1 N–H and O–H groups in total. The Labute approximate surface area is 123 Å². The summed E-state index contributed by atoms with van der Waals surface area (Å²) < 4.78 is 13.3. The van der Waals surface area contributed by atoms with Crippen molar-refractivity contribution in [2.24, 2.45) is 0 Å². The number of nitrogens with zero attached hydrogens (tertiary/aromatic N) is 2. The van der Waals surface area contributed by atoms with E-state index >= 15 is 0 Å². The molecule has 0 radical (unpaired) electrons. The van der Waals surface area contributed by atoms with Gasteiger partial charge in [-0.15, -0.1) is 0 Å². The van der Waals surface area contributed by atoms with Crippen molar-refractivity contribution in [3.8, 4) is 11.3 Å². The number of carboxylic acid groups (broad SMARTS) is 1. The molecule has 4 nitrogen and oxygen atoms in total. The maximum absolute atomic E-state index is 13.3. The number of hydrogen-bond donors (Lipinski definition) is 1. The van der Waals surface area contributed by atoms with Gasteiger partial charge in [-0.3, -0.25) is 4.98 Å². The van der Waals surface area contributed by atoms with Crippen LogP contribution in [0.4, 0.5) is 4.39 Å². The van der Waals surface area contributed by atoms with Crippen LogP contribution < -0.4 is 0 Å². The average molecular weight is 303 g/mol. The monoisotopic (exact) mass is 302 g/mol. The molecule has 0 spiro atoms. The number of para-hydroxylation sites is 1. The first-order valence-corrected chi connectivity index (χ1v) is 6.37. The van der Waals surface area contributed by atoms with Crippen molar-refractivity contribution < 1.29 is 14.3 Å². The largest absolute Gasteiger partial charge is 0.478 e. The molecule has 0 aliphatic rings. The minimum absolute atomic E-state index is 0.0572. The van der Waals surface area contributed by atoms with Crippen LogP contribution in [0.25, 0.3) is 22.2 Å². The zero-order valence-electron chi connectivity index (χ0n) is 10.5. The van der Waals surface area contributed by atoms with E-state index in [-0.39, 0.29) is 5.56 Å². The van der Waals surface area contributed by atoms with Gasteiger partial charge in [0.25, 0.3) is 0 Å². The second-order valence-corrected chi connectivity index (χ2v) is 4.80. The standard InChI is InChI=1S/C15H8ClFN2O2/c16-12-3-1-2-10-11(15(20)21)5-13(19-14(10)12)8-4-9(17)7-18-6-8/h1-7H,(H,20,21). The fourth-order valence-corrected chi connectivity index (χ4v) is 2.31. The van der Waals surface area contributed by atoms with Crippen LogP contribution in [0.3, 0.4) is 0 Å². The summed E-state index contributed by atoms with van der Waals surface area (Å²) in [6, 6.07) is 7.53. The number of halogens is 2. The van der Waals surface area contributed by atoms with Gasteiger partial charge < -0.3 is 5.11 Å². The molecule has 0 amide bonds. The summed E-state index contributed by atoms with van der Waals surface area (Å²) in [7, 11) is 0. The van der Waals surface area contributed by atoms with Crippen LogP contribution in [0, 0.1) is 5.82 Å². The Morgan fingerprint density at radius 1 is 1.24 bits per heavy atom. The smallest absolute Gasteiger partial charge is 0.336 e.